The quantitative estimate of drug-likeness (QED) is 0.341. The van der Waals surface area contributed by atoms with E-state index in [1.807, 2.05) is 48.6 Å². The third kappa shape index (κ3) is 5.89. The van der Waals surface area contributed by atoms with Crippen LogP contribution in [0, 0.1) is 11.8 Å². The smallest absolute Gasteiger partial charge is 0.338 e. The van der Waals surface area contributed by atoms with Crippen molar-refractivity contribution in [3.05, 3.63) is 83.9 Å². The molecule has 33 heavy (non-hydrogen) atoms. The van der Waals surface area contributed by atoms with Gasteiger partial charge in [-0.05, 0) is 36.6 Å². The molecule has 0 amide bonds. The van der Waals surface area contributed by atoms with Gasteiger partial charge in [0.15, 0.2) is 0 Å². The molecule has 6 heteroatoms. The highest BCUT2D eigenvalue weighted by atomic mass is 16.6. The summed E-state index contributed by atoms with van der Waals surface area (Å²) in [5.74, 6) is -1.23. The maximum absolute atomic E-state index is 12.6. The first-order chi connectivity index (χ1) is 16.0. The Bertz CT molecular complexity index is 1000. The van der Waals surface area contributed by atoms with E-state index in [1.54, 1.807) is 24.3 Å². The average molecular weight is 449 g/mol. The molecule has 172 valence electrons. The van der Waals surface area contributed by atoms with Gasteiger partial charge in [0.25, 0.3) is 0 Å². The number of esters is 3. The average Bonchev–Trinajstić information content (AvgIpc) is 3.32. The maximum atomic E-state index is 12.6. The summed E-state index contributed by atoms with van der Waals surface area (Å²) < 4.78 is 16.8. The molecule has 2 aromatic carbocycles. The standard InChI is InChI=1S/C27H28O6/c1-18(28)31-21(13-12-19-8-4-2-5-9-19)14-15-22-23-16-26(29)32-25(23)17-24(22)33-27(30)20-10-6-3-7-11-20/h2-11,14-15,21-25H,12-13,16-17H2,1H3/b15-14+/t21-,22-,23-,24-,25+/m1/s1. The van der Waals surface area contributed by atoms with Crippen molar-refractivity contribution in [3.63, 3.8) is 0 Å². The van der Waals surface area contributed by atoms with Crippen LogP contribution in [-0.4, -0.2) is 36.2 Å². The number of aryl methyl sites for hydroxylation is 1. The van der Waals surface area contributed by atoms with Crippen LogP contribution in [0.15, 0.2) is 72.8 Å². The monoisotopic (exact) mass is 448 g/mol. The van der Waals surface area contributed by atoms with E-state index in [1.165, 1.54) is 6.92 Å². The molecule has 1 heterocycles. The van der Waals surface area contributed by atoms with Crippen LogP contribution in [0.4, 0.5) is 0 Å². The first-order valence-electron chi connectivity index (χ1n) is 11.3. The molecule has 1 aliphatic heterocycles. The number of hydrogen-bond donors (Lipinski definition) is 0. The minimum Gasteiger partial charge on any atom is -0.462 e. The molecule has 2 aromatic rings. The summed E-state index contributed by atoms with van der Waals surface area (Å²) in [6.07, 6.45) is 4.86. The Labute approximate surface area is 193 Å². The SMILES string of the molecule is CC(=O)O[C@@H](/C=C/[C@@H]1[C@H]2CC(=O)O[C@H]2C[C@H]1OC(=O)c1ccccc1)CCc1ccccc1. The van der Waals surface area contributed by atoms with Crippen molar-refractivity contribution < 1.29 is 28.6 Å². The van der Waals surface area contributed by atoms with Gasteiger partial charge < -0.3 is 14.2 Å². The van der Waals surface area contributed by atoms with E-state index in [0.717, 1.165) is 12.0 Å². The van der Waals surface area contributed by atoms with Crippen LogP contribution in [0.25, 0.3) is 0 Å². The van der Waals surface area contributed by atoms with Gasteiger partial charge in [0.05, 0.1) is 12.0 Å². The highest BCUT2D eigenvalue weighted by molar-refractivity contribution is 5.89. The predicted molar refractivity (Wildman–Crippen MR) is 121 cm³/mol. The summed E-state index contributed by atoms with van der Waals surface area (Å²) in [6.45, 7) is 1.39. The normalized spacial score (nSPS) is 24.8. The van der Waals surface area contributed by atoms with Gasteiger partial charge in [-0.3, -0.25) is 9.59 Å². The summed E-state index contributed by atoms with van der Waals surface area (Å²) in [5.41, 5.74) is 1.64. The summed E-state index contributed by atoms with van der Waals surface area (Å²) in [5, 5.41) is 0. The predicted octanol–water partition coefficient (Wildman–Crippen LogP) is 4.28. The number of ether oxygens (including phenoxy) is 3. The zero-order valence-electron chi connectivity index (χ0n) is 18.6. The van der Waals surface area contributed by atoms with Gasteiger partial charge in [-0.15, -0.1) is 0 Å². The second-order valence-corrected chi connectivity index (χ2v) is 8.58. The fraction of sp³-hybridized carbons (Fsp3) is 0.370. The second kappa shape index (κ2) is 10.5. The molecule has 6 nitrogen and oxygen atoms in total. The van der Waals surface area contributed by atoms with Crippen LogP contribution in [0.5, 0.6) is 0 Å². The molecular formula is C27H28O6. The second-order valence-electron chi connectivity index (χ2n) is 8.58. The minimum absolute atomic E-state index is 0.0607. The van der Waals surface area contributed by atoms with E-state index in [-0.39, 0.29) is 29.9 Å². The number of carbonyl (C=O) groups is 3. The zero-order valence-corrected chi connectivity index (χ0v) is 18.6. The van der Waals surface area contributed by atoms with E-state index < -0.39 is 18.2 Å². The van der Waals surface area contributed by atoms with Crippen LogP contribution in [0.2, 0.25) is 0 Å². The van der Waals surface area contributed by atoms with Crippen molar-refractivity contribution in [2.24, 2.45) is 11.8 Å². The first-order valence-corrected chi connectivity index (χ1v) is 11.3. The van der Waals surface area contributed by atoms with Crippen molar-refractivity contribution in [3.8, 4) is 0 Å². The molecule has 0 N–H and O–H groups in total. The third-order valence-electron chi connectivity index (χ3n) is 6.24. The molecule has 0 spiro atoms. The van der Waals surface area contributed by atoms with Crippen LogP contribution in [-0.2, 0) is 30.2 Å². The van der Waals surface area contributed by atoms with Gasteiger partial charge in [0, 0.05) is 25.2 Å². The molecule has 5 atom stereocenters. The van der Waals surface area contributed by atoms with E-state index >= 15 is 0 Å². The highest BCUT2D eigenvalue weighted by Gasteiger charge is 2.50. The lowest BCUT2D eigenvalue weighted by Crippen LogP contribution is -2.25. The van der Waals surface area contributed by atoms with Crippen molar-refractivity contribution in [1.29, 1.82) is 0 Å². The van der Waals surface area contributed by atoms with Crippen molar-refractivity contribution in [2.45, 2.75) is 50.9 Å². The number of benzene rings is 2. The zero-order chi connectivity index (χ0) is 23.2. The van der Waals surface area contributed by atoms with E-state index in [9.17, 15) is 14.4 Å². The van der Waals surface area contributed by atoms with Crippen LogP contribution in [0.3, 0.4) is 0 Å². The minimum atomic E-state index is -0.413. The molecule has 2 aliphatic rings. The van der Waals surface area contributed by atoms with Crippen LogP contribution >= 0.6 is 0 Å². The number of carbonyl (C=O) groups excluding carboxylic acids is 3. The summed E-state index contributed by atoms with van der Waals surface area (Å²) in [6, 6.07) is 18.8. The Morgan fingerprint density at radius 1 is 1.09 bits per heavy atom. The van der Waals surface area contributed by atoms with E-state index in [4.69, 9.17) is 14.2 Å². The summed E-state index contributed by atoms with van der Waals surface area (Å²) in [7, 11) is 0. The molecule has 4 rings (SSSR count). The van der Waals surface area contributed by atoms with Gasteiger partial charge in [-0.2, -0.15) is 0 Å². The van der Waals surface area contributed by atoms with E-state index in [0.29, 0.717) is 24.8 Å². The fourth-order valence-corrected chi connectivity index (χ4v) is 4.68. The van der Waals surface area contributed by atoms with Gasteiger partial charge in [0.1, 0.15) is 18.3 Å². The molecule has 0 unspecified atom stereocenters. The Morgan fingerprint density at radius 2 is 1.79 bits per heavy atom. The Kier molecular flexibility index (Phi) is 7.23. The van der Waals surface area contributed by atoms with Crippen LogP contribution < -0.4 is 0 Å². The molecule has 1 saturated heterocycles. The lowest BCUT2D eigenvalue weighted by Gasteiger charge is -2.21. The largest absolute Gasteiger partial charge is 0.462 e. The number of hydrogen-bond acceptors (Lipinski definition) is 6. The molecule has 0 bridgehead atoms. The Balaban J connectivity index is 1.48. The molecule has 1 aliphatic carbocycles. The Hall–Kier alpha value is -3.41. The molecular weight excluding hydrogens is 420 g/mol. The van der Waals surface area contributed by atoms with Crippen LogP contribution in [0.1, 0.15) is 42.1 Å². The van der Waals surface area contributed by atoms with Crippen molar-refractivity contribution >= 4 is 17.9 Å². The molecule has 2 fully saturated rings. The lowest BCUT2D eigenvalue weighted by molar-refractivity contribution is -0.144. The van der Waals surface area contributed by atoms with Crippen molar-refractivity contribution in [2.75, 3.05) is 0 Å². The topological polar surface area (TPSA) is 78.9 Å². The third-order valence-corrected chi connectivity index (χ3v) is 6.24. The molecule has 0 radical (unpaired) electrons. The van der Waals surface area contributed by atoms with Gasteiger partial charge >= 0.3 is 17.9 Å². The van der Waals surface area contributed by atoms with E-state index in [2.05, 4.69) is 0 Å². The van der Waals surface area contributed by atoms with Gasteiger partial charge in [0.2, 0.25) is 0 Å². The molecule has 1 saturated carbocycles. The van der Waals surface area contributed by atoms with Crippen molar-refractivity contribution in [1.82, 2.24) is 0 Å². The maximum Gasteiger partial charge on any atom is 0.338 e. The fourth-order valence-electron chi connectivity index (χ4n) is 4.68. The lowest BCUT2D eigenvalue weighted by atomic mass is 9.91. The number of fused-ring (bicyclic) bond motifs is 1. The summed E-state index contributed by atoms with van der Waals surface area (Å²) >= 11 is 0. The van der Waals surface area contributed by atoms with Gasteiger partial charge in [-0.1, -0.05) is 54.6 Å². The Morgan fingerprint density at radius 3 is 2.48 bits per heavy atom. The summed E-state index contributed by atoms with van der Waals surface area (Å²) in [4.78, 5) is 36.2. The molecule has 0 aromatic heterocycles. The first kappa shape index (κ1) is 22.8. The highest BCUT2D eigenvalue weighted by Crippen LogP contribution is 2.43. The number of rotatable bonds is 8. The van der Waals surface area contributed by atoms with Gasteiger partial charge in [-0.25, -0.2) is 4.79 Å².